The molecule has 76 valence electrons. The first-order valence-electron chi connectivity index (χ1n) is 4.70. The predicted molar refractivity (Wildman–Crippen MR) is 62.1 cm³/mol. The van der Waals surface area contributed by atoms with Crippen LogP contribution in [0.3, 0.4) is 0 Å². The van der Waals surface area contributed by atoms with Gasteiger partial charge in [0, 0.05) is 10.0 Å². The molecular formula is C12H9Cl2N. The number of rotatable bonds is 1. The lowest BCUT2D eigenvalue weighted by atomic mass is 9.80. The lowest BCUT2D eigenvalue weighted by Gasteiger charge is -2.22. The van der Waals surface area contributed by atoms with Crippen LogP contribution in [0.15, 0.2) is 30.4 Å². The highest BCUT2D eigenvalue weighted by atomic mass is 35.5. The van der Waals surface area contributed by atoms with Crippen LogP contribution < -0.4 is 0 Å². The zero-order valence-corrected chi connectivity index (χ0v) is 9.52. The molecule has 0 amide bonds. The summed E-state index contributed by atoms with van der Waals surface area (Å²) >= 11 is 11.9. The molecule has 0 radical (unpaired) electrons. The topological polar surface area (TPSA) is 23.8 Å². The second-order valence-electron chi connectivity index (χ2n) is 3.70. The second-order valence-corrected chi connectivity index (χ2v) is 4.54. The number of nitriles is 1. The van der Waals surface area contributed by atoms with Crippen LogP contribution in [0.4, 0.5) is 0 Å². The third-order valence-electron chi connectivity index (χ3n) is 2.76. The Balaban J connectivity index is 2.49. The molecule has 2 rings (SSSR count). The summed E-state index contributed by atoms with van der Waals surface area (Å²) in [6.07, 6.45) is 5.50. The van der Waals surface area contributed by atoms with E-state index in [1.54, 1.807) is 12.1 Å². The van der Waals surface area contributed by atoms with E-state index in [1.165, 1.54) is 0 Å². The fourth-order valence-electron chi connectivity index (χ4n) is 1.90. The maximum absolute atomic E-state index is 9.28. The van der Waals surface area contributed by atoms with Crippen molar-refractivity contribution in [3.05, 3.63) is 46.0 Å². The molecule has 0 saturated carbocycles. The van der Waals surface area contributed by atoms with E-state index in [2.05, 4.69) is 6.07 Å². The van der Waals surface area contributed by atoms with E-state index in [4.69, 9.17) is 23.2 Å². The highest BCUT2D eigenvalue weighted by molar-refractivity contribution is 6.35. The second kappa shape index (κ2) is 3.89. The Labute approximate surface area is 98.9 Å². The molecule has 0 aromatic heterocycles. The molecule has 1 nitrogen and oxygen atoms in total. The maximum Gasteiger partial charge on any atom is 0.0905 e. The van der Waals surface area contributed by atoms with E-state index in [-0.39, 0.29) is 0 Å². The van der Waals surface area contributed by atoms with E-state index in [1.807, 2.05) is 18.2 Å². The minimum absolute atomic E-state index is 0.484. The lowest BCUT2D eigenvalue weighted by Crippen LogP contribution is -2.20. The quantitative estimate of drug-likeness (QED) is 0.675. The van der Waals surface area contributed by atoms with Crippen LogP contribution >= 0.6 is 23.2 Å². The van der Waals surface area contributed by atoms with Crippen LogP contribution in [-0.4, -0.2) is 0 Å². The summed E-state index contributed by atoms with van der Waals surface area (Å²) in [7, 11) is 0. The average Bonchev–Trinajstić information content (AvgIpc) is 2.67. The van der Waals surface area contributed by atoms with Crippen LogP contribution in [0.5, 0.6) is 0 Å². The Hall–Kier alpha value is -0.970. The molecule has 1 aromatic carbocycles. The Bertz CT molecular complexity index is 449. The van der Waals surface area contributed by atoms with Crippen molar-refractivity contribution in [2.24, 2.45) is 0 Å². The van der Waals surface area contributed by atoms with Crippen molar-refractivity contribution in [2.45, 2.75) is 18.3 Å². The summed E-state index contributed by atoms with van der Waals surface area (Å²) in [5.41, 5.74) is 0.392. The van der Waals surface area contributed by atoms with Crippen LogP contribution in [0.1, 0.15) is 18.4 Å². The molecule has 0 heterocycles. The van der Waals surface area contributed by atoms with Gasteiger partial charge >= 0.3 is 0 Å². The smallest absolute Gasteiger partial charge is 0.0905 e. The fourth-order valence-corrected chi connectivity index (χ4v) is 2.49. The zero-order chi connectivity index (χ0) is 10.9. The number of benzene rings is 1. The van der Waals surface area contributed by atoms with Gasteiger partial charge in [-0.15, -0.1) is 0 Å². The number of hydrogen-bond acceptors (Lipinski definition) is 1. The van der Waals surface area contributed by atoms with Gasteiger partial charge in [0.1, 0.15) is 0 Å². The third kappa shape index (κ3) is 1.76. The molecular weight excluding hydrogens is 229 g/mol. The van der Waals surface area contributed by atoms with Gasteiger partial charge in [0.15, 0.2) is 0 Å². The monoisotopic (exact) mass is 237 g/mol. The first kappa shape index (κ1) is 10.5. The minimum atomic E-state index is -0.484. The molecule has 0 bridgehead atoms. The molecule has 0 N–H and O–H groups in total. The predicted octanol–water partition coefficient (Wildman–Crippen LogP) is 4.10. The summed E-state index contributed by atoms with van der Waals surface area (Å²) in [6, 6.07) is 7.68. The van der Waals surface area contributed by atoms with Gasteiger partial charge in [-0.25, -0.2) is 0 Å². The van der Waals surface area contributed by atoms with Gasteiger partial charge in [0.25, 0.3) is 0 Å². The number of hydrogen-bond donors (Lipinski definition) is 0. The number of halogens is 2. The highest BCUT2D eigenvalue weighted by Gasteiger charge is 2.34. The summed E-state index contributed by atoms with van der Waals surface area (Å²) in [5.74, 6) is 0. The van der Waals surface area contributed by atoms with E-state index in [0.717, 1.165) is 18.4 Å². The maximum atomic E-state index is 9.28. The van der Waals surface area contributed by atoms with E-state index in [0.29, 0.717) is 10.0 Å². The van der Waals surface area contributed by atoms with Gasteiger partial charge < -0.3 is 0 Å². The molecule has 0 saturated heterocycles. The van der Waals surface area contributed by atoms with Crippen molar-refractivity contribution in [2.75, 3.05) is 0 Å². The zero-order valence-electron chi connectivity index (χ0n) is 8.00. The molecule has 15 heavy (non-hydrogen) atoms. The summed E-state index contributed by atoms with van der Waals surface area (Å²) in [4.78, 5) is 0. The molecule has 0 unspecified atom stereocenters. The molecule has 1 aliphatic carbocycles. The number of nitrogens with zero attached hydrogens (tertiary/aromatic N) is 1. The molecule has 3 heteroatoms. The van der Waals surface area contributed by atoms with Crippen molar-refractivity contribution >= 4 is 23.2 Å². The van der Waals surface area contributed by atoms with Gasteiger partial charge in [0.05, 0.1) is 11.5 Å². The average molecular weight is 238 g/mol. The molecule has 1 aliphatic rings. The summed E-state index contributed by atoms with van der Waals surface area (Å²) in [5, 5.41) is 10.5. The summed E-state index contributed by atoms with van der Waals surface area (Å²) in [6.45, 7) is 0. The number of allylic oxidation sites excluding steroid dienone is 2. The highest BCUT2D eigenvalue weighted by Crippen LogP contribution is 2.40. The van der Waals surface area contributed by atoms with Crippen LogP contribution in [0, 0.1) is 11.3 Å². The standard InChI is InChI=1S/C12H9Cl2N/c13-9-3-4-10(11(14)7-9)12(8-15)5-1-2-6-12/h1-4,7H,5-6H2. The van der Waals surface area contributed by atoms with Gasteiger partial charge in [-0.05, 0) is 30.5 Å². The SMILES string of the molecule is N#CC1(c2ccc(Cl)cc2Cl)CC=CC1. The van der Waals surface area contributed by atoms with E-state index < -0.39 is 5.41 Å². The molecule has 1 aromatic rings. The Morgan fingerprint density at radius 3 is 2.40 bits per heavy atom. The molecule has 0 atom stereocenters. The van der Waals surface area contributed by atoms with E-state index >= 15 is 0 Å². The van der Waals surface area contributed by atoms with Crippen molar-refractivity contribution in [1.82, 2.24) is 0 Å². The Morgan fingerprint density at radius 1 is 1.20 bits per heavy atom. The largest absolute Gasteiger partial charge is 0.197 e. The first-order valence-corrected chi connectivity index (χ1v) is 5.45. The van der Waals surface area contributed by atoms with Gasteiger partial charge in [-0.2, -0.15) is 5.26 Å². The van der Waals surface area contributed by atoms with Crippen LogP contribution in [-0.2, 0) is 5.41 Å². The van der Waals surface area contributed by atoms with E-state index in [9.17, 15) is 5.26 Å². The third-order valence-corrected chi connectivity index (χ3v) is 3.31. The van der Waals surface area contributed by atoms with Crippen molar-refractivity contribution < 1.29 is 0 Å². The fraction of sp³-hybridized carbons (Fsp3) is 0.250. The Morgan fingerprint density at radius 2 is 1.87 bits per heavy atom. The Kier molecular flexibility index (Phi) is 2.73. The van der Waals surface area contributed by atoms with Crippen molar-refractivity contribution in [1.29, 1.82) is 5.26 Å². The van der Waals surface area contributed by atoms with Crippen LogP contribution in [0.25, 0.3) is 0 Å². The normalized spacial score (nSPS) is 17.7. The first-order chi connectivity index (χ1) is 7.18. The van der Waals surface area contributed by atoms with Gasteiger partial charge in [0.2, 0.25) is 0 Å². The van der Waals surface area contributed by atoms with Gasteiger partial charge in [-0.3, -0.25) is 0 Å². The lowest BCUT2D eigenvalue weighted by molar-refractivity contribution is 0.597. The van der Waals surface area contributed by atoms with Crippen LogP contribution in [0.2, 0.25) is 10.0 Å². The van der Waals surface area contributed by atoms with Gasteiger partial charge in [-0.1, -0.05) is 41.4 Å². The minimum Gasteiger partial charge on any atom is -0.197 e. The molecule has 0 spiro atoms. The van der Waals surface area contributed by atoms with Crippen molar-refractivity contribution in [3.63, 3.8) is 0 Å². The summed E-state index contributed by atoms with van der Waals surface area (Å²) < 4.78 is 0. The molecule has 0 aliphatic heterocycles. The van der Waals surface area contributed by atoms with Crippen molar-refractivity contribution in [3.8, 4) is 6.07 Å². The molecule has 0 fully saturated rings.